The van der Waals surface area contributed by atoms with Crippen LogP contribution >= 0.6 is 0 Å². The molecule has 3 aliphatic rings. The zero-order chi connectivity index (χ0) is 45.8. The van der Waals surface area contributed by atoms with Gasteiger partial charge in [-0.3, -0.25) is 0 Å². The molecule has 14 rings (SSSR count). The minimum absolute atomic E-state index is 0.187. The predicted molar refractivity (Wildman–Crippen MR) is 293 cm³/mol. The summed E-state index contributed by atoms with van der Waals surface area (Å²) in [4.78, 5) is 4.91. The maximum absolute atomic E-state index is 2.47. The van der Waals surface area contributed by atoms with Gasteiger partial charge in [-0.05, 0) is 132 Å². The fraction of sp³-hybridized carbons (Fsp3) is 0.0448. The number of rotatable bonds is 4. The number of para-hydroxylation sites is 4. The van der Waals surface area contributed by atoms with Crippen molar-refractivity contribution in [2.75, 3.05) is 9.80 Å². The lowest BCUT2D eigenvalue weighted by Crippen LogP contribution is -2.17. The van der Waals surface area contributed by atoms with Gasteiger partial charge in [-0.2, -0.15) is 0 Å². The quantitative estimate of drug-likeness (QED) is 0.128. The van der Waals surface area contributed by atoms with Crippen LogP contribution in [0.3, 0.4) is 0 Å². The zero-order valence-corrected chi connectivity index (χ0v) is 38.5. The molecule has 11 aromatic rings. The fourth-order valence-electron chi connectivity index (χ4n) is 11.8. The number of anilines is 6. The minimum atomic E-state index is -0.187. The highest BCUT2D eigenvalue weighted by Gasteiger charge is 2.37. The lowest BCUT2D eigenvalue weighted by Gasteiger charge is -2.29. The Bertz CT molecular complexity index is 3830. The van der Waals surface area contributed by atoms with Crippen LogP contribution in [0.25, 0.3) is 89.3 Å². The maximum Gasteiger partial charge on any atom is 0.0540 e. The van der Waals surface area contributed by atoms with E-state index < -0.39 is 0 Å². The Kier molecular flexibility index (Phi) is 8.66. The van der Waals surface area contributed by atoms with E-state index >= 15 is 0 Å². The van der Waals surface area contributed by atoms with E-state index in [-0.39, 0.29) is 5.41 Å². The van der Waals surface area contributed by atoms with Gasteiger partial charge in [0.25, 0.3) is 0 Å². The van der Waals surface area contributed by atoms with Gasteiger partial charge < -0.3 is 9.80 Å². The summed E-state index contributed by atoms with van der Waals surface area (Å²) in [6.45, 7) is 4.77. The molecule has 0 N–H and O–H groups in total. The molecular formula is C67H46N2. The molecule has 324 valence electrons. The van der Waals surface area contributed by atoms with Crippen molar-refractivity contribution >= 4 is 67.8 Å². The molecule has 1 aliphatic carbocycles. The van der Waals surface area contributed by atoms with Crippen molar-refractivity contribution in [3.05, 3.63) is 253 Å². The summed E-state index contributed by atoms with van der Waals surface area (Å²) < 4.78 is 0. The predicted octanol–water partition coefficient (Wildman–Crippen LogP) is 18.7. The van der Waals surface area contributed by atoms with Gasteiger partial charge in [0.2, 0.25) is 0 Å². The van der Waals surface area contributed by atoms with E-state index in [1.54, 1.807) is 0 Å². The van der Waals surface area contributed by atoms with Gasteiger partial charge in [0, 0.05) is 39.0 Å². The van der Waals surface area contributed by atoms with Crippen LogP contribution in [0.1, 0.15) is 36.1 Å². The Balaban J connectivity index is 0.775. The third-order valence-electron chi connectivity index (χ3n) is 15.1. The SMILES string of the molecule is CC1(C)c2cc(C=Cc3ccc4c(ccc5cc(N6c7ccccc7-c7ccccc7-c7ccccc76)ccc54)c3)ccc2-c2ccc(N3c4ccccc4-c4ccccc4-c4ccccc43)cc21. The minimum Gasteiger partial charge on any atom is -0.309 e. The van der Waals surface area contributed by atoms with Crippen LogP contribution in [-0.2, 0) is 5.41 Å². The standard InChI is InChI=1S/C67H46N2/c1-67(2)61-40-44(30-36-55(61)56-38-34-48(42-62(56)67)69-65-25-13-9-21-59(65)53-17-5-6-18-54(53)60-22-10-14-26-66(60)69)28-27-43-29-35-49-45(39-43)31-32-46-41-47(33-37-50(46)49)68-63-23-11-7-19-57(63)51-15-3-4-16-52(51)58-20-8-12-24-64(58)68/h3-42H,1-2H3. The van der Waals surface area contributed by atoms with E-state index in [9.17, 15) is 0 Å². The van der Waals surface area contributed by atoms with Gasteiger partial charge in [0.15, 0.2) is 0 Å². The molecule has 2 heteroatoms. The monoisotopic (exact) mass is 878 g/mol. The van der Waals surface area contributed by atoms with Crippen LogP contribution < -0.4 is 9.80 Å². The first-order chi connectivity index (χ1) is 34.0. The van der Waals surface area contributed by atoms with Gasteiger partial charge >= 0.3 is 0 Å². The van der Waals surface area contributed by atoms with Crippen molar-refractivity contribution in [1.29, 1.82) is 0 Å². The first-order valence-corrected chi connectivity index (χ1v) is 24.1. The molecule has 11 aromatic carbocycles. The molecule has 69 heavy (non-hydrogen) atoms. The van der Waals surface area contributed by atoms with Crippen LogP contribution in [-0.4, -0.2) is 0 Å². The second-order valence-electron chi connectivity index (χ2n) is 19.3. The Hall–Kier alpha value is -8.72. The summed E-state index contributed by atoms with van der Waals surface area (Å²) in [5, 5.41) is 4.97. The highest BCUT2D eigenvalue weighted by atomic mass is 15.2. The maximum atomic E-state index is 2.47. The average Bonchev–Trinajstić information content (AvgIpc) is 3.48. The first kappa shape index (κ1) is 39.4. The molecule has 0 aromatic heterocycles. The van der Waals surface area contributed by atoms with Crippen molar-refractivity contribution in [3.63, 3.8) is 0 Å². The summed E-state index contributed by atoms with van der Waals surface area (Å²) in [5.41, 5.74) is 24.6. The van der Waals surface area contributed by atoms with Gasteiger partial charge in [-0.25, -0.2) is 0 Å². The number of hydrogen-bond donors (Lipinski definition) is 0. The van der Waals surface area contributed by atoms with Crippen molar-refractivity contribution in [3.8, 4) is 55.6 Å². The average molecular weight is 879 g/mol. The fourth-order valence-corrected chi connectivity index (χ4v) is 11.8. The second kappa shape index (κ2) is 15.2. The highest BCUT2D eigenvalue weighted by molar-refractivity contribution is 6.10. The van der Waals surface area contributed by atoms with Crippen molar-refractivity contribution in [2.24, 2.45) is 0 Å². The molecular weight excluding hydrogens is 833 g/mol. The third kappa shape index (κ3) is 6.05. The Morgan fingerprint density at radius 3 is 1.13 bits per heavy atom. The molecule has 0 saturated heterocycles. The Labute approximate surface area is 403 Å². The summed E-state index contributed by atoms with van der Waals surface area (Å²) >= 11 is 0. The smallest absolute Gasteiger partial charge is 0.0540 e. The van der Waals surface area contributed by atoms with Gasteiger partial charge in [-0.15, -0.1) is 0 Å². The summed E-state index contributed by atoms with van der Waals surface area (Å²) in [6.07, 6.45) is 4.54. The topological polar surface area (TPSA) is 6.48 Å². The summed E-state index contributed by atoms with van der Waals surface area (Å²) in [5.74, 6) is 0. The molecule has 2 nitrogen and oxygen atoms in total. The molecule has 0 radical (unpaired) electrons. The zero-order valence-electron chi connectivity index (χ0n) is 38.5. The molecule has 2 aliphatic heterocycles. The normalized spacial score (nSPS) is 13.7. The lowest BCUT2D eigenvalue weighted by molar-refractivity contribution is 0.660. The molecule has 0 spiro atoms. The molecule has 0 atom stereocenters. The van der Waals surface area contributed by atoms with Crippen LogP contribution in [0, 0.1) is 0 Å². The number of fused-ring (bicyclic) bond motifs is 16. The van der Waals surface area contributed by atoms with E-state index in [0.717, 1.165) is 5.69 Å². The molecule has 0 unspecified atom stereocenters. The van der Waals surface area contributed by atoms with Crippen LogP contribution in [0.5, 0.6) is 0 Å². The number of benzene rings is 11. The second-order valence-corrected chi connectivity index (χ2v) is 19.3. The molecule has 0 fully saturated rings. The van der Waals surface area contributed by atoms with Crippen molar-refractivity contribution in [1.82, 2.24) is 0 Å². The van der Waals surface area contributed by atoms with E-state index in [2.05, 4.69) is 266 Å². The van der Waals surface area contributed by atoms with E-state index in [1.165, 1.54) is 128 Å². The van der Waals surface area contributed by atoms with Crippen LogP contribution in [0.4, 0.5) is 34.1 Å². The number of hydrogen-bond acceptors (Lipinski definition) is 2. The van der Waals surface area contributed by atoms with E-state index in [4.69, 9.17) is 0 Å². The first-order valence-electron chi connectivity index (χ1n) is 24.1. The van der Waals surface area contributed by atoms with Gasteiger partial charge in [0.05, 0.1) is 22.7 Å². The lowest BCUT2D eigenvalue weighted by atomic mass is 9.81. The van der Waals surface area contributed by atoms with Crippen LogP contribution in [0.2, 0.25) is 0 Å². The molecule has 2 heterocycles. The van der Waals surface area contributed by atoms with Gasteiger partial charge in [-0.1, -0.05) is 202 Å². The Morgan fingerprint density at radius 2 is 0.638 bits per heavy atom. The van der Waals surface area contributed by atoms with Crippen molar-refractivity contribution in [2.45, 2.75) is 19.3 Å². The Morgan fingerprint density at radius 1 is 0.290 bits per heavy atom. The molecule has 0 bridgehead atoms. The third-order valence-corrected chi connectivity index (χ3v) is 15.1. The van der Waals surface area contributed by atoms with Crippen LogP contribution in [0.15, 0.2) is 231 Å². The van der Waals surface area contributed by atoms with E-state index in [0.29, 0.717) is 0 Å². The molecule has 0 amide bonds. The summed E-state index contributed by atoms with van der Waals surface area (Å²) in [7, 11) is 0. The summed E-state index contributed by atoms with van der Waals surface area (Å²) in [6, 6.07) is 85.4. The number of nitrogens with zero attached hydrogens (tertiary/aromatic N) is 2. The van der Waals surface area contributed by atoms with E-state index in [1.807, 2.05) is 0 Å². The van der Waals surface area contributed by atoms with Crippen molar-refractivity contribution < 1.29 is 0 Å². The van der Waals surface area contributed by atoms with Gasteiger partial charge in [0.1, 0.15) is 0 Å². The largest absolute Gasteiger partial charge is 0.309 e. The highest BCUT2D eigenvalue weighted by Crippen LogP contribution is 2.55. The molecule has 0 saturated carbocycles.